The fourth-order valence-corrected chi connectivity index (χ4v) is 3.73. The molecule has 2 atom stereocenters. The molecule has 0 bridgehead atoms. The molecule has 0 amide bonds. The van der Waals surface area contributed by atoms with Gasteiger partial charge in [-0.05, 0) is 11.6 Å². The predicted octanol–water partition coefficient (Wildman–Crippen LogP) is 2.13. The Hall–Kier alpha value is 0.507. The molecule has 0 spiro atoms. The zero-order chi connectivity index (χ0) is 5.28. The van der Waals surface area contributed by atoms with Gasteiger partial charge >= 0.3 is 0 Å². The van der Waals surface area contributed by atoms with Crippen molar-refractivity contribution in [2.24, 2.45) is 0 Å². The molecule has 0 nitrogen and oxygen atoms in total. The lowest BCUT2D eigenvalue weighted by Crippen LogP contribution is -2.00. The van der Waals surface area contributed by atoms with Crippen molar-refractivity contribution in [3.05, 3.63) is 0 Å². The van der Waals surface area contributed by atoms with Crippen LogP contribution < -0.4 is 0 Å². The fourth-order valence-electron chi connectivity index (χ4n) is 1.10. The van der Waals surface area contributed by atoms with Crippen molar-refractivity contribution in [1.82, 2.24) is 0 Å². The van der Waals surface area contributed by atoms with Gasteiger partial charge in [0.15, 0.2) is 0 Å². The van der Waals surface area contributed by atoms with Crippen molar-refractivity contribution in [1.29, 1.82) is 0 Å². The lowest BCUT2D eigenvalue weighted by atomic mass is 10.3. The minimum atomic E-state index is -0.671. The predicted molar refractivity (Wildman–Crippen MR) is 36.5 cm³/mol. The van der Waals surface area contributed by atoms with Crippen LogP contribution in [0.1, 0.15) is 19.8 Å². The molecular weight excluding hydrogens is 124 g/mol. The largest absolute Gasteiger partial charge is 0.171 e. The first kappa shape index (κ1) is 5.64. The third kappa shape index (κ3) is 1.20. The maximum absolute atomic E-state index is 6.00. The van der Waals surface area contributed by atoms with Gasteiger partial charge in [0.1, 0.15) is 8.11 Å². The Kier molecular flexibility index (Phi) is 1.76. The van der Waals surface area contributed by atoms with E-state index >= 15 is 0 Å². The summed E-state index contributed by atoms with van der Waals surface area (Å²) >= 11 is 6.00. The van der Waals surface area contributed by atoms with Gasteiger partial charge in [0.25, 0.3) is 0 Å². The monoisotopic (exact) mass is 134 g/mol. The summed E-state index contributed by atoms with van der Waals surface area (Å²) in [5.41, 5.74) is 0.918. The summed E-state index contributed by atoms with van der Waals surface area (Å²) < 4.78 is 0. The average molecular weight is 135 g/mol. The van der Waals surface area contributed by atoms with Gasteiger partial charge in [-0.1, -0.05) is 19.8 Å². The van der Waals surface area contributed by atoms with Gasteiger partial charge in [0, 0.05) is 0 Å². The van der Waals surface area contributed by atoms with E-state index in [9.17, 15) is 0 Å². The molecule has 1 aliphatic rings. The summed E-state index contributed by atoms with van der Waals surface area (Å²) in [6.07, 6.45) is 2.81. The summed E-state index contributed by atoms with van der Waals surface area (Å²) in [6, 6.07) is 1.38. The smallest absolute Gasteiger partial charge is 0.143 e. The van der Waals surface area contributed by atoms with Crippen LogP contribution in [0.2, 0.25) is 11.6 Å². The normalized spacial score (nSPS) is 42.0. The molecule has 1 fully saturated rings. The molecule has 0 aromatic rings. The Bertz CT molecular complexity index is 57.1. The van der Waals surface area contributed by atoms with E-state index in [0.717, 1.165) is 5.54 Å². The topological polar surface area (TPSA) is 0 Å². The van der Waals surface area contributed by atoms with E-state index in [4.69, 9.17) is 11.1 Å². The molecule has 1 aliphatic heterocycles. The van der Waals surface area contributed by atoms with Crippen molar-refractivity contribution in [2.75, 3.05) is 0 Å². The van der Waals surface area contributed by atoms with E-state index in [2.05, 4.69) is 6.92 Å². The quantitative estimate of drug-likeness (QED) is 0.352. The molecule has 1 heterocycles. The Morgan fingerprint density at radius 3 is 2.57 bits per heavy atom. The van der Waals surface area contributed by atoms with Crippen LogP contribution in [0, 0.1) is 0 Å². The van der Waals surface area contributed by atoms with Crippen LogP contribution in [0.25, 0.3) is 0 Å². The molecule has 2 heteroatoms. The first-order chi connectivity index (χ1) is 3.30. The van der Waals surface area contributed by atoms with Gasteiger partial charge in [0.05, 0.1) is 0 Å². The van der Waals surface area contributed by atoms with E-state index in [1.807, 2.05) is 0 Å². The minimum absolute atomic E-state index is 0.671. The SMILES string of the molecule is CC1CCC[SiH]1Cl. The molecule has 0 radical (unpaired) electrons. The van der Waals surface area contributed by atoms with Crippen molar-refractivity contribution in [3.63, 3.8) is 0 Å². The van der Waals surface area contributed by atoms with Crippen LogP contribution in [0.3, 0.4) is 0 Å². The molecular formula is C5H11ClSi. The van der Waals surface area contributed by atoms with E-state index < -0.39 is 8.11 Å². The maximum Gasteiger partial charge on any atom is 0.143 e. The molecule has 2 unspecified atom stereocenters. The maximum atomic E-state index is 6.00. The van der Waals surface area contributed by atoms with Crippen LogP contribution in [-0.4, -0.2) is 8.11 Å². The molecule has 0 saturated carbocycles. The summed E-state index contributed by atoms with van der Waals surface area (Å²) in [5.74, 6) is 0. The van der Waals surface area contributed by atoms with E-state index in [1.165, 1.54) is 18.9 Å². The number of hydrogen-bond acceptors (Lipinski definition) is 0. The third-order valence-electron chi connectivity index (χ3n) is 1.76. The van der Waals surface area contributed by atoms with Crippen molar-refractivity contribution in [2.45, 2.75) is 31.4 Å². The van der Waals surface area contributed by atoms with Gasteiger partial charge < -0.3 is 0 Å². The van der Waals surface area contributed by atoms with Gasteiger partial charge in [0.2, 0.25) is 0 Å². The first-order valence-corrected chi connectivity index (χ1v) is 6.17. The third-order valence-corrected chi connectivity index (χ3v) is 6.23. The van der Waals surface area contributed by atoms with Gasteiger partial charge in [-0.25, -0.2) is 0 Å². The highest BCUT2D eigenvalue weighted by Crippen LogP contribution is 2.31. The van der Waals surface area contributed by atoms with Crippen LogP contribution >= 0.6 is 11.1 Å². The molecule has 1 saturated heterocycles. The lowest BCUT2D eigenvalue weighted by Gasteiger charge is -2.00. The highest BCUT2D eigenvalue weighted by atomic mass is 35.6. The number of halogens is 1. The summed E-state index contributed by atoms with van der Waals surface area (Å²) in [7, 11) is -0.671. The molecule has 1 rings (SSSR count). The second-order valence-corrected chi connectivity index (χ2v) is 6.85. The van der Waals surface area contributed by atoms with Crippen LogP contribution in [0.4, 0.5) is 0 Å². The van der Waals surface area contributed by atoms with E-state index in [1.54, 1.807) is 0 Å². The number of hydrogen-bond donors (Lipinski definition) is 0. The van der Waals surface area contributed by atoms with Crippen LogP contribution in [-0.2, 0) is 0 Å². The molecule has 0 aliphatic carbocycles. The Morgan fingerprint density at radius 1 is 1.71 bits per heavy atom. The summed E-state index contributed by atoms with van der Waals surface area (Å²) in [6.45, 7) is 2.29. The average Bonchev–Trinajstić information content (AvgIpc) is 1.91. The molecule has 7 heavy (non-hydrogen) atoms. The second kappa shape index (κ2) is 2.18. The molecule has 42 valence electrons. The summed E-state index contributed by atoms with van der Waals surface area (Å²) in [4.78, 5) is 0. The van der Waals surface area contributed by atoms with Crippen molar-refractivity contribution >= 4 is 19.2 Å². The number of rotatable bonds is 0. The molecule has 0 N–H and O–H groups in total. The molecule has 0 aromatic carbocycles. The first-order valence-electron chi connectivity index (χ1n) is 2.95. The van der Waals surface area contributed by atoms with Gasteiger partial charge in [-0.3, -0.25) is 0 Å². The van der Waals surface area contributed by atoms with E-state index in [-0.39, 0.29) is 0 Å². The van der Waals surface area contributed by atoms with Crippen LogP contribution in [0.5, 0.6) is 0 Å². The summed E-state index contributed by atoms with van der Waals surface area (Å²) in [5, 5.41) is 0. The fraction of sp³-hybridized carbons (Fsp3) is 1.00. The van der Waals surface area contributed by atoms with Gasteiger partial charge in [-0.15, -0.1) is 0 Å². The Morgan fingerprint density at radius 2 is 2.43 bits per heavy atom. The zero-order valence-corrected chi connectivity index (χ0v) is 6.56. The van der Waals surface area contributed by atoms with E-state index in [0.29, 0.717) is 0 Å². The van der Waals surface area contributed by atoms with Crippen molar-refractivity contribution < 1.29 is 0 Å². The van der Waals surface area contributed by atoms with Gasteiger partial charge in [-0.2, -0.15) is 11.1 Å². The second-order valence-electron chi connectivity index (χ2n) is 2.42. The standard InChI is InChI=1S/C5H11ClSi/c1-5-3-2-4-7(5)6/h5,7H,2-4H2,1H3. The minimum Gasteiger partial charge on any atom is -0.171 e. The highest BCUT2D eigenvalue weighted by molar-refractivity contribution is 7.08. The Balaban J connectivity index is 2.33. The molecule has 0 aromatic heterocycles. The van der Waals surface area contributed by atoms with Crippen LogP contribution in [0.15, 0.2) is 0 Å². The highest BCUT2D eigenvalue weighted by Gasteiger charge is 2.21. The Labute approximate surface area is 51.2 Å². The zero-order valence-electron chi connectivity index (χ0n) is 4.65. The lowest BCUT2D eigenvalue weighted by molar-refractivity contribution is 0.820. The van der Waals surface area contributed by atoms with Crippen molar-refractivity contribution in [3.8, 4) is 0 Å².